The molecule has 16 heteroatoms. The molecule has 0 aromatic heterocycles. The monoisotopic (exact) mass is 586 g/mol. The minimum atomic E-state index is -10.5. The Morgan fingerprint density at radius 1 is 0.632 bits per heavy atom. The molecule has 0 atom stereocenters. The first kappa shape index (κ1) is 30.7. The summed E-state index contributed by atoms with van der Waals surface area (Å²) < 4.78 is 153. The van der Waals surface area contributed by atoms with Crippen LogP contribution in [0, 0.1) is 23.3 Å². The van der Waals surface area contributed by atoms with Gasteiger partial charge in [0.2, 0.25) is 0 Å². The van der Waals surface area contributed by atoms with Crippen LogP contribution in [0.2, 0.25) is 0 Å². The predicted molar refractivity (Wildman–Crippen MR) is 116 cm³/mol. The molecule has 0 aliphatic rings. The highest BCUT2D eigenvalue weighted by atomic mass is 32.5. The Morgan fingerprint density at radius 2 is 1.08 bits per heavy atom. The van der Waals surface area contributed by atoms with E-state index in [2.05, 4.69) is 4.94 Å². The van der Waals surface area contributed by atoms with Crippen molar-refractivity contribution in [3.05, 3.63) is 65.2 Å². The standard InChI is InChI=1S/C16H15F3O3.C6H2F8OS/c1-20-10-6-14(21-2)16(15(7-10)22-3)9-4-12(18)11(8-17)13(19)5-9;7-4-1-3(15-9)2-5(8)6(4)16(10,11,12,13)14/h4-7H,8H2,1-3H3;1-2H. The Balaban J connectivity index is 0.000000281. The summed E-state index contributed by atoms with van der Waals surface area (Å²) in [5, 5.41) is 0. The quantitative estimate of drug-likeness (QED) is 0.259. The van der Waals surface area contributed by atoms with Crippen molar-refractivity contribution in [2.45, 2.75) is 11.6 Å². The maximum absolute atomic E-state index is 13.8. The molecule has 3 rings (SSSR count). The summed E-state index contributed by atoms with van der Waals surface area (Å²) in [5.41, 5.74) is -0.0623. The van der Waals surface area contributed by atoms with Crippen molar-refractivity contribution < 1.29 is 65.1 Å². The fourth-order valence-electron chi connectivity index (χ4n) is 3.11. The van der Waals surface area contributed by atoms with E-state index in [1.54, 1.807) is 12.1 Å². The lowest BCUT2D eigenvalue weighted by atomic mass is 10.0. The SMILES string of the molecule is COc1cc(OC)c(-c2cc(F)c(CF)c(F)c2)c(OC)c1.FOc1cc(F)c(S(F)(F)(F)(F)F)c(F)c1. The predicted octanol–water partition coefficient (Wildman–Crippen LogP) is 9.01. The topological polar surface area (TPSA) is 36.9 Å². The molecule has 0 bridgehead atoms. The van der Waals surface area contributed by atoms with Gasteiger partial charge in [0.1, 0.15) is 35.6 Å². The van der Waals surface area contributed by atoms with Gasteiger partial charge in [-0.1, -0.05) is 19.4 Å². The Kier molecular flexibility index (Phi) is 8.31. The molecule has 0 saturated heterocycles. The summed E-state index contributed by atoms with van der Waals surface area (Å²) in [5.74, 6) is -7.39. The maximum Gasteiger partial charge on any atom is 0.315 e. The summed E-state index contributed by atoms with van der Waals surface area (Å²) in [4.78, 5) is -0.588. The zero-order valence-electron chi connectivity index (χ0n) is 19.4. The fourth-order valence-corrected chi connectivity index (χ4v) is 3.97. The molecule has 0 amide bonds. The van der Waals surface area contributed by atoms with Crippen LogP contribution in [-0.2, 0) is 6.67 Å². The zero-order valence-corrected chi connectivity index (χ0v) is 20.2. The van der Waals surface area contributed by atoms with E-state index in [0.717, 1.165) is 12.1 Å². The van der Waals surface area contributed by atoms with Crippen LogP contribution in [0.4, 0.5) is 45.9 Å². The van der Waals surface area contributed by atoms with E-state index in [1.165, 1.54) is 21.3 Å². The van der Waals surface area contributed by atoms with E-state index in [1.807, 2.05) is 0 Å². The molecule has 0 fully saturated rings. The van der Waals surface area contributed by atoms with Crippen molar-refractivity contribution in [1.82, 2.24) is 0 Å². The number of halogens is 11. The van der Waals surface area contributed by atoms with Gasteiger partial charge >= 0.3 is 10.2 Å². The summed E-state index contributed by atoms with van der Waals surface area (Å²) in [6.45, 7) is -1.21. The fraction of sp³-hybridized carbons (Fsp3) is 0.182. The Bertz CT molecular complexity index is 1260. The van der Waals surface area contributed by atoms with Gasteiger partial charge in [0, 0.05) is 28.8 Å². The summed E-state index contributed by atoms with van der Waals surface area (Å²) in [6.07, 6.45) is 0. The largest absolute Gasteiger partial charge is 0.496 e. The van der Waals surface area contributed by atoms with Gasteiger partial charge in [0.25, 0.3) is 0 Å². The van der Waals surface area contributed by atoms with Crippen LogP contribution < -0.4 is 19.2 Å². The van der Waals surface area contributed by atoms with Crippen molar-refractivity contribution in [3.8, 4) is 34.1 Å². The van der Waals surface area contributed by atoms with E-state index in [4.69, 9.17) is 14.2 Å². The molecule has 0 heterocycles. The molecule has 212 valence electrons. The molecule has 4 nitrogen and oxygen atoms in total. The lowest BCUT2D eigenvalue weighted by molar-refractivity contribution is -0.00711. The van der Waals surface area contributed by atoms with E-state index >= 15 is 0 Å². The molecule has 0 aliphatic heterocycles. The summed E-state index contributed by atoms with van der Waals surface area (Å²) in [6, 6.07) is 4.55. The van der Waals surface area contributed by atoms with Crippen molar-refractivity contribution in [3.63, 3.8) is 0 Å². The van der Waals surface area contributed by atoms with Gasteiger partial charge in [0.05, 0.1) is 32.5 Å². The number of rotatable bonds is 7. The maximum atomic E-state index is 13.8. The number of hydrogen-bond donors (Lipinski definition) is 0. The summed E-state index contributed by atoms with van der Waals surface area (Å²) in [7, 11) is -6.18. The second-order valence-electron chi connectivity index (χ2n) is 7.22. The summed E-state index contributed by atoms with van der Waals surface area (Å²) >= 11 is 0. The van der Waals surface area contributed by atoms with E-state index in [-0.39, 0.29) is 17.7 Å². The molecular weight excluding hydrogens is 569 g/mol. The van der Waals surface area contributed by atoms with E-state index in [9.17, 15) is 45.9 Å². The zero-order chi connectivity index (χ0) is 29.1. The first-order valence-electron chi connectivity index (χ1n) is 9.76. The second-order valence-corrected chi connectivity index (χ2v) is 9.57. The van der Waals surface area contributed by atoms with Crippen LogP contribution in [-0.4, -0.2) is 21.3 Å². The molecule has 0 aliphatic carbocycles. The number of methoxy groups -OCH3 is 3. The van der Waals surface area contributed by atoms with Gasteiger partial charge in [-0.2, -0.15) is 0 Å². The molecule has 0 unspecified atom stereocenters. The van der Waals surface area contributed by atoms with Crippen molar-refractivity contribution in [2.24, 2.45) is 0 Å². The molecule has 3 aromatic carbocycles. The molecule has 0 spiro atoms. The van der Waals surface area contributed by atoms with Gasteiger partial charge < -0.3 is 14.2 Å². The Labute approximate surface area is 208 Å². The van der Waals surface area contributed by atoms with Gasteiger partial charge in [-0.25, -0.2) is 22.0 Å². The normalized spacial score (nSPS) is 13.0. The highest BCUT2D eigenvalue weighted by Crippen LogP contribution is 3.02. The Morgan fingerprint density at radius 3 is 1.39 bits per heavy atom. The van der Waals surface area contributed by atoms with E-state index in [0.29, 0.717) is 22.8 Å². The minimum Gasteiger partial charge on any atom is -0.496 e. The van der Waals surface area contributed by atoms with E-state index < -0.39 is 56.4 Å². The number of hydrogen-bond acceptors (Lipinski definition) is 4. The van der Waals surface area contributed by atoms with Crippen molar-refractivity contribution in [2.75, 3.05) is 21.3 Å². The van der Waals surface area contributed by atoms with Crippen LogP contribution >= 0.6 is 10.2 Å². The van der Waals surface area contributed by atoms with Crippen LogP contribution in [0.5, 0.6) is 23.0 Å². The second kappa shape index (κ2) is 10.3. The van der Waals surface area contributed by atoms with Crippen LogP contribution in [0.15, 0.2) is 41.3 Å². The van der Waals surface area contributed by atoms with Gasteiger partial charge in [-0.05, 0) is 17.7 Å². The van der Waals surface area contributed by atoms with Crippen molar-refractivity contribution >= 4 is 10.2 Å². The highest BCUT2D eigenvalue weighted by molar-refractivity contribution is 8.45. The first-order chi connectivity index (χ1) is 17.4. The third-order valence-electron chi connectivity index (χ3n) is 4.73. The van der Waals surface area contributed by atoms with Gasteiger partial charge in [-0.15, -0.1) is 0 Å². The molecule has 3 aromatic rings. The molecule has 0 radical (unpaired) electrons. The number of benzene rings is 3. The average Bonchev–Trinajstić information content (AvgIpc) is 2.80. The number of ether oxygens (including phenoxy) is 3. The Hall–Kier alpha value is -3.56. The minimum absolute atomic E-state index is 0.184. The molecule has 0 saturated carbocycles. The lowest BCUT2D eigenvalue weighted by Crippen LogP contribution is -2.11. The van der Waals surface area contributed by atoms with Crippen LogP contribution in [0.1, 0.15) is 5.56 Å². The number of alkyl halides is 1. The average molecular weight is 586 g/mol. The lowest BCUT2D eigenvalue weighted by Gasteiger charge is -2.40. The third-order valence-corrected chi connectivity index (χ3v) is 5.89. The third kappa shape index (κ3) is 6.85. The highest BCUT2D eigenvalue weighted by Gasteiger charge is 2.69. The van der Waals surface area contributed by atoms with Crippen LogP contribution in [0.3, 0.4) is 0 Å². The van der Waals surface area contributed by atoms with Crippen LogP contribution in [0.25, 0.3) is 11.1 Å². The first-order valence-corrected chi connectivity index (χ1v) is 11.7. The van der Waals surface area contributed by atoms with Gasteiger partial charge in [0.15, 0.2) is 22.3 Å². The molecule has 0 N–H and O–H groups in total. The van der Waals surface area contributed by atoms with Crippen molar-refractivity contribution in [1.29, 1.82) is 0 Å². The smallest absolute Gasteiger partial charge is 0.315 e. The molecule has 38 heavy (non-hydrogen) atoms. The molecular formula is C22H17F11O4S. The van der Waals surface area contributed by atoms with Gasteiger partial charge in [-0.3, -0.25) is 4.94 Å².